The number of ether oxygens (including phenoxy) is 2. The molecule has 3 heterocycles. The van der Waals surface area contributed by atoms with E-state index in [1.807, 2.05) is 0 Å². The van der Waals surface area contributed by atoms with Crippen molar-refractivity contribution >= 4 is 23.5 Å². The highest BCUT2D eigenvalue weighted by Crippen LogP contribution is 2.30. The molecule has 2 saturated heterocycles. The second-order valence-corrected chi connectivity index (χ2v) is 8.10. The van der Waals surface area contributed by atoms with E-state index in [1.54, 1.807) is 4.90 Å². The van der Waals surface area contributed by atoms with Crippen molar-refractivity contribution in [3.63, 3.8) is 0 Å². The van der Waals surface area contributed by atoms with Crippen LogP contribution in [0.2, 0.25) is 0 Å². The number of nitriles is 1. The minimum absolute atomic E-state index is 0.123. The van der Waals surface area contributed by atoms with Gasteiger partial charge < -0.3 is 25.4 Å². The second-order valence-electron chi connectivity index (χ2n) is 8.10. The van der Waals surface area contributed by atoms with Crippen LogP contribution in [0, 0.1) is 23.1 Å². The average Bonchev–Trinajstić information content (AvgIpc) is 3.24. The van der Waals surface area contributed by atoms with Crippen molar-refractivity contribution in [3.8, 4) is 6.07 Å². The molecule has 33 heavy (non-hydrogen) atoms. The third-order valence-electron chi connectivity index (χ3n) is 5.89. The van der Waals surface area contributed by atoms with Crippen LogP contribution < -0.4 is 11.1 Å². The molecule has 2 amide bonds. The number of piperidine rings is 1. The lowest BCUT2D eigenvalue weighted by atomic mass is 9.93. The topological polar surface area (TPSA) is 136 Å². The fraction of sp³-hybridized carbons (Fsp3) is 0.455. The number of benzene rings is 1. The van der Waals surface area contributed by atoms with Gasteiger partial charge in [0, 0.05) is 37.8 Å². The lowest BCUT2D eigenvalue weighted by molar-refractivity contribution is -0.0150. The summed E-state index contributed by atoms with van der Waals surface area (Å²) in [6.07, 6.45) is 2.60. The molecule has 0 radical (unpaired) electrons. The summed E-state index contributed by atoms with van der Waals surface area (Å²) in [4.78, 5) is 26.3. The lowest BCUT2D eigenvalue weighted by Crippen LogP contribution is -2.46. The molecule has 1 aromatic heterocycles. The van der Waals surface area contributed by atoms with Gasteiger partial charge >= 0.3 is 6.09 Å². The van der Waals surface area contributed by atoms with Crippen LogP contribution in [-0.4, -0.2) is 59.1 Å². The van der Waals surface area contributed by atoms with Crippen molar-refractivity contribution in [2.75, 3.05) is 31.6 Å². The van der Waals surface area contributed by atoms with Gasteiger partial charge in [-0.15, -0.1) is 0 Å². The maximum absolute atomic E-state index is 13.2. The van der Waals surface area contributed by atoms with Gasteiger partial charge in [0.15, 0.2) is 5.82 Å². The molecule has 2 atom stereocenters. The van der Waals surface area contributed by atoms with Crippen molar-refractivity contribution in [3.05, 3.63) is 41.8 Å². The van der Waals surface area contributed by atoms with Gasteiger partial charge in [-0.3, -0.25) is 9.48 Å². The Morgan fingerprint density at radius 3 is 2.64 bits per heavy atom. The van der Waals surface area contributed by atoms with Gasteiger partial charge in [0.25, 0.3) is 5.91 Å². The van der Waals surface area contributed by atoms with E-state index in [4.69, 9.17) is 15.2 Å². The number of primary amides is 1. The fourth-order valence-electron chi connectivity index (χ4n) is 4.03. The highest BCUT2D eigenvalue weighted by molar-refractivity contribution is 5.98. The Labute approximate surface area is 190 Å². The monoisotopic (exact) mass is 456 g/mol. The summed E-state index contributed by atoms with van der Waals surface area (Å²) < 4.78 is 25.6. The van der Waals surface area contributed by atoms with E-state index in [0.717, 1.165) is 0 Å². The van der Waals surface area contributed by atoms with Crippen LogP contribution in [0.4, 0.5) is 20.7 Å². The molecule has 3 N–H and O–H groups in total. The fourth-order valence-corrected chi connectivity index (χ4v) is 4.03. The number of aromatic nitrogens is 2. The summed E-state index contributed by atoms with van der Waals surface area (Å²) >= 11 is 0. The van der Waals surface area contributed by atoms with Gasteiger partial charge in [-0.25, -0.2) is 9.18 Å². The normalized spacial score (nSPS) is 21.3. The van der Waals surface area contributed by atoms with Crippen molar-refractivity contribution in [1.82, 2.24) is 14.7 Å². The molecule has 1 unspecified atom stereocenters. The summed E-state index contributed by atoms with van der Waals surface area (Å²) in [7, 11) is 0. The Balaban J connectivity index is 1.53. The van der Waals surface area contributed by atoms with E-state index in [-0.39, 0.29) is 24.0 Å². The van der Waals surface area contributed by atoms with Crippen molar-refractivity contribution in [2.45, 2.75) is 31.4 Å². The quantitative estimate of drug-likeness (QED) is 0.706. The summed E-state index contributed by atoms with van der Waals surface area (Å²) in [5.41, 5.74) is 6.17. The largest absolute Gasteiger partial charge is 0.446 e. The van der Waals surface area contributed by atoms with E-state index in [1.165, 1.54) is 35.1 Å². The first-order valence-electron chi connectivity index (χ1n) is 10.8. The highest BCUT2D eigenvalue weighted by Gasteiger charge is 2.35. The molecule has 174 valence electrons. The van der Waals surface area contributed by atoms with Crippen molar-refractivity contribution in [1.29, 1.82) is 5.26 Å². The van der Waals surface area contributed by atoms with E-state index in [0.29, 0.717) is 44.7 Å². The molecule has 2 fully saturated rings. The van der Waals surface area contributed by atoms with Crippen LogP contribution in [0.15, 0.2) is 30.5 Å². The van der Waals surface area contributed by atoms with Crippen LogP contribution in [0.3, 0.4) is 0 Å². The smallest absolute Gasteiger partial charge is 0.410 e. The first kappa shape index (κ1) is 22.5. The van der Waals surface area contributed by atoms with Crippen molar-refractivity contribution < 1.29 is 23.5 Å². The molecule has 4 rings (SSSR count). The van der Waals surface area contributed by atoms with Gasteiger partial charge in [-0.1, -0.05) is 0 Å². The molecular weight excluding hydrogens is 431 g/mol. The number of amides is 2. The van der Waals surface area contributed by atoms with Gasteiger partial charge in [-0.05, 0) is 30.7 Å². The number of rotatable bonds is 5. The zero-order valence-corrected chi connectivity index (χ0v) is 17.9. The van der Waals surface area contributed by atoms with Crippen molar-refractivity contribution in [2.24, 2.45) is 11.7 Å². The van der Waals surface area contributed by atoms with Crippen LogP contribution in [0.5, 0.6) is 0 Å². The summed E-state index contributed by atoms with van der Waals surface area (Å²) in [6.45, 7) is 1.71. The van der Waals surface area contributed by atoms with E-state index < -0.39 is 29.8 Å². The maximum atomic E-state index is 13.2. The van der Waals surface area contributed by atoms with Gasteiger partial charge in [0.2, 0.25) is 0 Å². The summed E-state index contributed by atoms with van der Waals surface area (Å²) in [5, 5.41) is 17.1. The Morgan fingerprint density at radius 2 is 1.97 bits per heavy atom. The zero-order chi connectivity index (χ0) is 23.4. The number of likely N-dealkylation sites (tertiary alicyclic amines) is 1. The third-order valence-corrected chi connectivity index (χ3v) is 5.89. The SMILES string of the molecule is N#CC1CCN(C(=O)OC2CCOCC2)C[C@H]1n1cc(C(N)=O)c(Nc2ccc(F)cc2)n1. The van der Waals surface area contributed by atoms with Gasteiger partial charge in [-0.2, -0.15) is 10.4 Å². The van der Waals surface area contributed by atoms with Gasteiger partial charge in [0.1, 0.15) is 17.5 Å². The molecule has 2 aromatic rings. The molecule has 10 nitrogen and oxygen atoms in total. The Hall–Kier alpha value is -3.65. The summed E-state index contributed by atoms with van der Waals surface area (Å²) in [6, 6.07) is 7.34. The minimum Gasteiger partial charge on any atom is -0.446 e. The molecule has 0 saturated carbocycles. The maximum Gasteiger partial charge on any atom is 0.410 e. The minimum atomic E-state index is -0.703. The molecule has 1 aromatic carbocycles. The van der Waals surface area contributed by atoms with E-state index in [9.17, 15) is 19.2 Å². The second kappa shape index (κ2) is 9.87. The summed E-state index contributed by atoms with van der Waals surface area (Å²) in [5.74, 6) is -1.33. The van der Waals surface area contributed by atoms with Gasteiger partial charge in [0.05, 0.1) is 31.2 Å². The molecule has 11 heteroatoms. The number of nitrogens with one attached hydrogen (secondary N) is 1. The molecule has 2 aliphatic rings. The number of carbonyl (C=O) groups excluding carboxylic acids is 2. The molecular formula is C22H25FN6O4. The van der Waals surface area contributed by atoms with Crippen LogP contribution in [-0.2, 0) is 9.47 Å². The number of nitrogens with two attached hydrogens (primary N) is 1. The van der Waals surface area contributed by atoms with E-state index in [2.05, 4.69) is 16.5 Å². The predicted molar refractivity (Wildman–Crippen MR) is 115 cm³/mol. The van der Waals surface area contributed by atoms with Crippen LogP contribution >= 0.6 is 0 Å². The Bertz CT molecular complexity index is 1040. The lowest BCUT2D eigenvalue weighted by Gasteiger charge is -2.36. The first-order valence-corrected chi connectivity index (χ1v) is 10.8. The first-order chi connectivity index (χ1) is 15.9. The molecule has 0 aliphatic carbocycles. The number of halogens is 1. The van der Waals surface area contributed by atoms with E-state index >= 15 is 0 Å². The number of hydrogen-bond donors (Lipinski definition) is 2. The highest BCUT2D eigenvalue weighted by atomic mass is 19.1. The average molecular weight is 456 g/mol. The number of nitrogens with zero attached hydrogens (tertiary/aromatic N) is 4. The number of hydrogen-bond acceptors (Lipinski definition) is 7. The number of anilines is 2. The zero-order valence-electron chi connectivity index (χ0n) is 17.9. The molecule has 0 bridgehead atoms. The predicted octanol–water partition coefficient (Wildman–Crippen LogP) is 2.57. The number of carbonyl (C=O) groups is 2. The standard InChI is InChI=1S/C22H25FN6O4/c23-15-1-3-16(4-2-15)26-21-18(20(25)30)12-29(27-21)19-13-28(8-5-14(19)11-24)22(31)33-17-6-9-32-10-7-17/h1-4,12,14,17,19H,5-10,13H2,(H2,25,30)(H,26,27)/t14?,19-/m1/s1. The molecule has 0 spiro atoms. The molecule has 2 aliphatic heterocycles. The Kier molecular flexibility index (Phi) is 6.74. The third kappa shape index (κ3) is 5.23. The van der Waals surface area contributed by atoms with Crippen LogP contribution in [0.25, 0.3) is 0 Å². The van der Waals surface area contributed by atoms with Crippen LogP contribution in [0.1, 0.15) is 35.7 Å². The Morgan fingerprint density at radius 1 is 1.24 bits per heavy atom.